The maximum absolute atomic E-state index is 11.4. The Kier molecular flexibility index (Phi) is 11.8. The maximum Gasteiger partial charge on any atom is 0.413 e. The lowest BCUT2D eigenvalue weighted by atomic mass is 10.2. The highest BCUT2D eigenvalue weighted by atomic mass is 32.1. The maximum atomic E-state index is 11.4. The first-order chi connectivity index (χ1) is 14.6. The van der Waals surface area contributed by atoms with Gasteiger partial charge in [0.1, 0.15) is 10.5 Å². The number of carbonyl (C=O) groups is 2. The van der Waals surface area contributed by atoms with Crippen molar-refractivity contribution in [3.05, 3.63) is 46.5 Å². The Morgan fingerprint density at radius 2 is 1.84 bits per heavy atom. The fraction of sp³-hybridized carbons (Fsp3) is 0.500. The van der Waals surface area contributed by atoms with Crippen molar-refractivity contribution in [2.45, 2.75) is 66.0 Å². The number of unbranched alkanes of at least 4 members (excludes halogenated alkanes) is 2. The average Bonchev–Trinajstić information content (AvgIpc) is 3.04. The third-order valence-corrected chi connectivity index (χ3v) is 4.73. The zero-order chi connectivity index (χ0) is 23.3. The Balaban J connectivity index is 0.000000316. The zero-order valence-corrected chi connectivity index (χ0v) is 19.7. The summed E-state index contributed by atoms with van der Waals surface area (Å²) in [7, 11) is 0. The fourth-order valence-corrected chi connectivity index (χ4v) is 3.06. The van der Waals surface area contributed by atoms with Gasteiger partial charge in [0, 0.05) is 6.54 Å². The molecule has 0 atom stereocenters. The van der Waals surface area contributed by atoms with Gasteiger partial charge in [0.2, 0.25) is 0 Å². The molecule has 31 heavy (non-hydrogen) atoms. The first-order valence-electron chi connectivity index (χ1n) is 10.2. The molecular formula is C22H33N3O5S. The summed E-state index contributed by atoms with van der Waals surface area (Å²) >= 11 is 0.899. The number of benzene rings is 1. The molecule has 1 heterocycles. The van der Waals surface area contributed by atoms with Crippen LogP contribution in [0.25, 0.3) is 0 Å². The van der Waals surface area contributed by atoms with Crippen molar-refractivity contribution in [3.8, 4) is 0 Å². The van der Waals surface area contributed by atoms with Gasteiger partial charge in [-0.3, -0.25) is 5.32 Å². The third-order valence-electron chi connectivity index (χ3n) is 3.67. The van der Waals surface area contributed by atoms with Crippen LogP contribution in [-0.2, 0) is 16.1 Å². The fourth-order valence-electron chi connectivity index (χ4n) is 2.27. The van der Waals surface area contributed by atoms with E-state index < -0.39 is 17.7 Å². The Morgan fingerprint density at radius 1 is 1.16 bits per heavy atom. The molecule has 0 saturated carbocycles. The molecule has 0 aliphatic heterocycles. The molecule has 8 nitrogen and oxygen atoms in total. The van der Waals surface area contributed by atoms with E-state index in [9.17, 15) is 9.59 Å². The largest absolute Gasteiger partial charge is 0.477 e. The minimum Gasteiger partial charge on any atom is -0.477 e. The van der Waals surface area contributed by atoms with Crippen molar-refractivity contribution in [2.75, 3.05) is 11.9 Å². The van der Waals surface area contributed by atoms with Gasteiger partial charge >= 0.3 is 12.1 Å². The van der Waals surface area contributed by atoms with Crippen molar-refractivity contribution in [3.63, 3.8) is 0 Å². The number of hydrogen-bond donors (Lipinski definition) is 3. The topological polar surface area (TPSA) is 110 Å². The molecule has 0 bridgehead atoms. The number of anilines is 1. The van der Waals surface area contributed by atoms with E-state index in [-0.39, 0.29) is 10.0 Å². The molecule has 2 aromatic rings. The lowest BCUT2D eigenvalue weighted by Crippen LogP contribution is -2.27. The number of carboxylic acids is 1. The number of carboxylic acid groups (broad SMARTS) is 1. The van der Waals surface area contributed by atoms with Crippen LogP contribution < -0.4 is 10.8 Å². The van der Waals surface area contributed by atoms with Crippen molar-refractivity contribution >= 4 is 28.5 Å². The number of amides is 1. The van der Waals surface area contributed by atoms with E-state index in [1.165, 1.54) is 18.4 Å². The van der Waals surface area contributed by atoms with Gasteiger partial charge in [-0.25, -0.2) is 14.6 Å². The van der Waals surface area contributed by atoms with Crippen LogP contribution in [0.15, 0.2) is 30.3 Å². The summed E-state index contributed by atoms with van der Waals surface area (Å²) < 4.78 is 5.02. The number of nitrogens with zero attached hydrogens (tertiary/aromatic N) is 1. The molecule has 1 aromatic heterocycles. The molecule has 1 aromatic carbocycles. The molecule has 0 radical (unpaired) electrons. The van der Waals surface area contributed by atoms with E-state index in [0.29, 0.717) is 5.69 Å². The van der Waals surface area contributed by atoms with E-state index in [0.717, 1.165) is 30.9 Å². The number of aromatic nitrogens is 1. The molecular weight excluding hydrogens is 418 g/mol. The number of hydrogen-bond acceptors (Lipinski definition) is 7. The van der Waals surface area contributed by atoms with Gasteiger partial charge in [0.05, 0.1) is 12.3 Å². The summed E-state index contributed by atoms with van der Waals surface area (Å²) in [5, 5.41) is 11.4. The molecule has 172 valence electrons. The lowest BCUT2D eigenvalue weighted by Gasteiger charge is -2.18. The van der Waals surface area contributed by atoms with Crippen LogP contribution in [0.3, 0.4) is 0 Å². The monoisotopic (exact) mass is 451 g/mol. The molecule has 0 aliphatic rings. The van der Waals surface area contributed by atoms with E-state index in [1.807, 2.05) is 18.2 Å². The highest BCUT2D eigenvalue weighted by molar-refractivity contribution is 7.17. The van der Waals surface area contributed by atoms with Gasteiger partial charge in [0.15, 0.2) is 5.13 Å². The average molecular weight is 452 g/mol. The molecule has 3 N–H and O–H groups in total. The van der Waals surface area contributed by atoms with Crippen LogP contribution in [0.5, 0.6) is 0 Å². The van der Waals surface area contributed by atoms with Gasteiger partial charge < -0.3 is 14.7 Å². The van der Waals surface area contributed by atoms with Crippen LogP contribution in [0.1, 0.15) is 67.9 Å². The number of ether oxygens (including phenoxy) is 1. The van der Waals surface area contributed by atoms with Crippen molar-refractivity contribution in [1.82, 2.24) is 10.5 Å². The van der Waals surface area contributed by atoms with E-state index in [2.05, 4.69) is 34.8 Å². The van der Waals surface area contributed by atoms with E-state index in [1.54, 1.807) is 27.7 Å². The van der Waals surface area contributed by atoms with Crippen molar-refractivity contribution < 1.29 is 24.3 Å². The standard InChI is InChI=1S/C12H19NO.C10H14N2O4S/c1-2-3-7-10-14-13-11-12-8-5-4-6-9-12;1-5-6(7(13)14)17-8(11-5)12-9(15)16-10(2,3)4/h4-6,8-9,13H,2-3,7,10-11H2,1H3;1-4H3,(H,13,14)(H,11,12,15). The normalized spacial score (nSPS) is 10.7. The summed E-state index contributed by atoms with van der Waals surface area (Å²) in [6, 6.07) is 10.3. The first-order valence-corrected chi connectivity index (χ1v) is 11.0. The second kappa shape index (κ2) is 13.7. The minimum absolute atomic E-state index is 0.107. The SMILES string of the molecule is CCCCCONCc1ccccc1.Cc1nc(NC(=O)OC(C)(C)C)sc1C(=O)O. The third kappa shape index (κ3) is 12.1. The molecule has 0 saturated heterocycles. The number of aryl methyl sites for hydroxylation is 1. The Hall–Kier alpha value is -2.49. The van der Waals surface area contributed by atoms with Gasteiger partial charge in [-0.15, -0.1) is 0 Å². The van der Waals surface area contributed by atoms with Crippen LogP contribution in [0.4, 0.5) is 9.93 Å². The number of hydroxylamine groups is 1. The Labute approximate surface area is 187 Å². The zero-order valence-electron chi connectivity index (χ0n) is 18.9. The second-order valence-corrected chi connectivity index (χ2v) is 8.73. The van der Waals surface area contributed by atoms with Crippen molar-refractivity contribution in [1.29, 1.82) is 0 Å². The van der Waals surface area contributed by atoms with Crippen LogP contribution >= 0.6 is 11.3 Å². The number of aromatic carboxylic acids is 1. The van der Waals surface area contributed by atoms with Gasteiger partial charge in [-0.2, -0.15) is 5.48 Å². The molecule has 9 heteroatoms. The van der Waals surface area contributed by atoms with E-state index >= 15 is 0 Å². The van der Waals surface area contributed by atoms with Crippen molar-refractivity contribution in [2.24, 2.45) is 0 Å². The van der Waals surface area contributed by atoms with E-state index in [4.69, 9.17) is 14.7 Å². The summed E-state index contributed by atoms with van der Waals surface area (Å²) in [5.74, 6) is -1.06. The van der Waals surface area contributed by atoms with Crippen LogP contribution in [-0.4, -0.2) is 34.4 Å². The second-order valence-electron chi connectivity index (χ2n) is 7.73. The smallest absolute Gasteiger partial charge is 0.413 e. The quantitative estimate of drug-likeness (QED) is 0.346. The van der Waals surface area contributed by atoms with Crippen LogP contribution in [0, 0.1) is 6.92 Å². The predicted octanol–water partition coefficient (Wildman–Crippen LogP) is 5.39. The molecule has 0 spiro atoms. The summed E-state index contributed by atoms with van der Waals surface area (Å²) in [6.07, 6.45) is 2.97. The highest BCUT2D eigenvalue weighted by Gasteiger charge is 2.19. The number of carbonyl (C=O) groups excluding carboxylic acids is 1. The van der Waals surface area contributed by atoms with Gasteiger partial charge in [-0.05, 0) is 39.7 Å². The Morgan fingerprint density at radius 3 is 2.39 bits per heavy atom. The predicted molar refractivity (Wildman–Crippen MR) is 122 cm³/mol. The molecule has 1 amide bonds. The number of nitrogens with one attached hydrogen (secondary N) is 2. The lowest BCUT2D eigenvalue weighted by molar-refractivity contribution is 0.0342. The van der Waals surface area contributed by atoms with Gasteiger partial charge in [0.25, 0.3) is 0 Å². The summed E-state index contributed by atoms with van der Waals surface area (Å²) in [6.45, 7) is 10.6. The minimum atomic E-state index is -1.06. The molecule has 2 rings (SSSR count). The molecule has 0 aliphatic carbocycles. The Bertz CT molecular complexity index is 803. The first kappa shape index (κ1) is 26.5. The summed E-state index contributed by atoms with van der Waals surface area (Å²) in [5.41, 5.74) is 3.98. The van der Waals surface area contributed by atoms with Gasteiger partial charge in [-0.1, -0.05) is 61.4 Å². The number of thiazole rings is 1. The number of rotatable bonds is 9. The highest BCUT2D eigenvalue weighted by Crippen LogP contribution is 2.23. The summed E-state index contributed by atoms with van der Waals surface area (Å²) in [4.78, 5) is 31.5. The molecule has 0 fully saturated rings. The van der Waals surface area contributed by atoms with Crippen LogP contribution in [0.2, 0.25) is 0 Å². The molecule has 0 unspecified atom stereocenters.